The number of nitrogens with zero attached hydrogens (tertiary/aromatic N) is 4. The quantitative estimate of drug-likeness (QED) is 0.152. The summed E-state index contributed by atoms with van der Waals surface area (Å²) < 4.78 is 30.4. The summed E-state index contributed by atoms with van der Waals surface area (Å²) in [5.74, 6) is -3.95. The molecule has 4 N–H and O–H groups in total. The number of halogens is 2. The third kappa shape index (κ3) is 9.54. The van der Waals surface area contributed by atoms with Gasteiger partial charge >= 0.3 is 0 Å². The second kappa shape index (κ2) is 16.5. The van der Waals surface area contributed by atoms with Crippen molar-refractivity contribution in [2.75, 3.05) is 26.2 Å². The van der Waals surface area contributed by atoms with Crippen molar-refractivity contribution < 1.29 is 37.9 Å². The molecule has 1 aromatic heterocycles. The van der Waals surface area contributed by atoms with E-state index in [2.05, 4.69) is 5.32 Å². The SMILES string of the molecule is CC(C)(C)[C@H](c1nn(-c2cc(F)ccc2F)cc1Cc1ccccc1)N(CC[C@H](N)C(=O)NCCCC(=O)CN1C(=O)C=CC1=O)C(=O)CO. The molecule has 4 rings (SSSR count). The molecule has 4 amide bonds. The van der Waals surface area contributed by atoms with Crippen molar-refractivity contribution >= 4 is 29.4 Å². The van der Waals surface area contributed by atoms with Crippen LogP contribution in [0.25, 0.3) is 5.69 Å². The Balaban J connectivity index is 1.50. The molecular weight excluding hydrogens is 650 g/mol. The Morgan fingerprint density at radius 3 is 2.36 bits per heavy atom. The Hall–Kier alpha value is -5.08. The highest BCUT2D eigenvalue weighted by Gasteiger charge is 2.38. The number of imide groups is 1. The maximum atomic E-state index is 14.9. The van der Waals surface area contributed by atoms with E-state index in [0.717, 1.165) is 40.8 Å². The van der Waals surface area contributed by atoms with Crippen molar-refractivity contribution in [3.63, 3.8) is 0 Å². The largest absolute Gasteiger partial charge is 0.387 e. The van der Waals surface area contributed by atoms with Gasteiger partial charge in [0.2, 0.25) is 11.8 Å². The van der Waals surface area contributed by atoms with E-state index in [1.54, 1.807) is 6.20 Å². The van der Waals surface area contributed by atoms with E-state index in [9.17, 15) is 37.9 Å². The number of aliphatic hydroxyl groups is 1. The van der Waals surface area contributed by atoms with Gasteiger partial charge in [0.15, 0.2) is 5.78 Å². The molecule has 2 atom stereocenters. The Morgan fingerprint density at radius 2 is 1.72 bits per heavy atom. The molecule has 0 radical (unpaired) electrons. The first-order valence-electron chi connectivity index (χ1n) is 16.3. The van der Waals surface area contributed by atoms with Gasteiger partial charge in [0.25, 0.3) is 11.8 Å². The molecule has 0 fully saturated rings. The second-order valence-corrected chi connectivity index (χ2v) is 13.2. The van der Waals surface area contributed by atoms with Crippen molar-refractivity contribution in [1.29, 1.82) is 0 Å². The van der Waals surface area contributed by atoms with Crippen molar-refractivity contribution in [3.05, 3.63) is 95.3 Å². The number of nitrogens with one attached hydrogen (secondary N) is 1. The Bertz CT molecular complexity index is 1730. The first kappa shape index (κ1) is 37.7. The summed E-state index contributed by atoms with van der Waals surface area (Å²) in [6.45, 7) is 4.52. The van der Waals surface area contributed by atoms with E-state index in [1.165, 1.54) is 9.58 Å². The lowest BCUT2D eigenvalue weighted by Crippen LogP contribution is -2.47. The van der Waals surface area contributed by atoms with Crippen LogP contribution in [-0.4, -0.2) is 86.4 Å². The number of hydrogen-bond donors (Lipinski definition) is 3. The monoisotopic (exact) mass is 692 g/mol. The summed E-state index contributed by atoms with van der Waals surface area (Å²) in [7, 11) is 0. The third-order valence-electron chi connectivity index (χ3n) is 8.25. The number of carbonyl (C=O) groups excluding carboxylic acids is 5. The number of ketones is 1. The molecule has 2 heterocycles. The topological polar surface area (TPSA) is 168 Å². The smallest absolute Gasteiger partial charge is 0.254 e. The fourth-order valence-electron chi connectivity index (χ4n) is 5.78. The predicted octanol–water partition coefficient (Wildman–Crippen LogP) is 2.76. The van der Waals surface area contributed by atoms with Crippen LogP contribution in [0.5, 0.6) is 0 Å². The number of carbonyl (C=O) groups is 5. The number of aliphatic hydroxyl groups excluding tert-OH is 1. The van der Waals surface area contributed by atoms with Gasteiger partial charge in [-0.2, -0.15) is 5.10 Å². The highest BCUT2D eigenvalue weighted by atomic mass is 19.1. The highest BCUT2D eigenvalue weighted by molar-refractivity contribution is 6.14. The number of nitrogens with two attached hydrogens (primary N) is 1. The van der Waals surface area contributed by atoms with Gasteiger partial charge in [0.05, 0.1) is 24.3 Å². The lowest BCUT2D eigenvalue weighted by Gasteiger charge is -2.40. The molecule has 0 unspecified atom stereocenters. The zero-order chi connectivity index (χ0) is 36.6. The molecule has 1 aliphatic rings. The van der Waals surface area contributed by atoms with Crippen LogP contribution in [0, 0.1) is 17.0 Å². The maximum Gasteiger partial charge on any atom is 0.254 e. The summed E-state index contributed by atoms with van der Waals surface area (Å²) in [4.78, 5) is 64.0. The molecular formula is C36H42F2N6O6. The molecule has 1 aliphatic heterocycles. The minimum absolute atomic E-state index is 0.00250. The minimum Gasteiger partial charge on any atom is -0.387 e. The van der Waals surface area contributed by atoms with Crippen LogP contribution in [0.3, 0.4) is 0 Å². The van der Waals surface area contributed by atoms with E-state index in [0.29, 0.717) is 17.7 Å². The third-order valence-corrected chi connectivity index (χ3v) is 8.25. The molecule has 12 nitrogen and oxygen atoms in total. The maximum absolute atomic E-state index is 14.9. The van der Waals surface area contributed by atoms with Crippen LogP contribution >= 0.6 is 0 Å². The van der Waals surface area contributed by atoms with Crippen LogP contribution in [-0.2, 0) is 30.4 Å². The minimum atomic E-state index is -1.06. The molecule has 0 spiro atoms. The van der Waals surface area contributed by atoms with Crippen molar-refractivity contribution in [2.24, 2.45) is 11.1 Å². The van der Waals surface area contributed by atoms with Gasteiger partial charge in [-0.1, -0.05) is 51.1 Å². The first-order chi connectivity index (χ1) is 23.7. The van der Waals surface area contributed by atoms with Gasteiger partial charge in [-0.3, -0.25) is 28.9 Å². The van der Waals surface area contributed by atoms with Gasteiger partial charge in [-0.15, -0.1) is 0 Å². The normalized spacial score (nSPS) is 14.2. The molecule has 50 heavy (non-hydrogen) atoms. The molecule has 2 aromatic carbocycles. The highest BCUT2D eigenvalue weighted by Crippen LogP contribution is 2.40. The number of benzene rings is 2. The zero-order valence-corrected chi connectivity index (χ0v) is 28.3. The lowest BCUT2D eigenvalue weighted by atomic mass is 9.81. The van der Waals surface area contributed by atoms with E-state index in [4.69, 9.17) is 10.8 Å². The van der Waals surface area contributed by atoms with Gasteiger partial charge in [-0.25, -0.2) is 13.5 Å². The van der Waals surface area contributed by atoms with E-state index < -0.39 is 59.4 Å². The van der Waals surface area contributed by atoms with Crippen LogP contribution in [0.15, 0.2) is 66.9 Å². The number of rotatable bonds is 16. The summed E-state index contributed by atoms with van der Waals surface area (Å²) in [5.41, 5.74) is 7.36. The Labute approximate surface area is 288 Å². The summed E-state index contributed by atoms with van der Waals surface area (Å²) >= 11 is 0. The van der Waals surface area contributed by atoms with E-state index in [1.807, 2.05) is 51.1 Å². The average molecular weight is 693 g/mol. The van der Waals surface area contributed by atoms with Crippen molar-refractivity contribution in [1.82, 2.24) is 24.9 Å². The Kier molecular flexibility index (Phi) is 12.5. The summed E-state index contributed by atoms with van der Waals surface area (Å²) in [5, 5.41) is 17.4. The molecule has 266 valence electrons. The lowest BCUT2D eigenvalue weighted by molar-refractivity contribution is -0.140. The Morgan fingerprint density at radius 1 is 1.04 bits per heavy atom. The molecule has 0 aliphatic carbocycles. The predicted molar refractivity (Wildman–Crippen MR) is 179 cm³/mol. The molecule has 0 saturated carbocycles. The second-order valence-electron chi connectivity index (χ2n) is 13.2. The average Bonchev–Trinajstić information content (AvgIpc) is 3.62. The summed E-state index contributed by atoms with van der Waals surface area (Å²) in [6.07, 6.45) is 4.43. The number of Topliss-reactive ketones (excluding diaryl/α,β-unsaturated/α-hetero) is 1. The van der Waals surface area contributed by atoms with Crippen LogP contribution < -0.4 is 11.1 Å². The van der Waals surface area contributed by atoms with Crippen molar-refractivity contribution in [2.45, 2.75) is 58.5 Å². The van der Waals surface area contributed by atoms with E-state index >= 15 is 0 Å². The van der Waals surface area contributed by atoms with Gasteiger partial charge < -0.3 is 21.1 Å². The zero-order valence-electron chi connectivity index (χ0n) is 28.3. The van der Waals surface area contributed by atoms with Crippen molar-refractivity contribution in [3.8, 4) is 5.69 Å². The fraction of sp³-hybridized carbons (Fsp3) is 0.389. The summed E-state index contributed by atoms with van der Waals surface area (Å²) in [6, 6.07) is 10.6. The number of hydrogen-bond acceptors (Lipinski definition) is 8. The standard InChI is InChI=1S/C36H42F2N6O6/c1-36(2,3)34(33-24(18-23-8-5-4-6-9-23)20-44(41-33)29-19-25(37)11-12-27(29)38)42(32(49)22-45)17-15-28(39)35(50)40-16-7-10-26(46)21-43-30(47)13-14-31(43)48/h4-6,8-9,11-14,19-20,28,34,45H,7,10,15-18,21-22,39H2,1-3H3,(H,40,50)/t28-,34-/m0/s1. The van der Waals surface area contributed by atoms with Gasteiger partial charge in [0.1, 0.15) is 23.9 Å². The molecule has 3 aromatic rings. The van der Waals surface area contributed by atoms with Crippen LogP contribution in [0.4, 0.5) is 8.78 Å². The van der Waals surface area contributed by atoms with Crippen LogP contribution in [0.2, 0.25) is 0 Å². The molecule has 0 bridgehead atoms. The number of amides is 4. The van der Waals surface area contributed by atoms with Gasteiger partial charge in [-0.05, 0) is 36.0 Å². The first-order valence-corrected chi connectivity index (χ1v) is 16.3. The fourth-order valence-corrected chi connectivity index (χ4v) is 5.78. The van der Waals surface area contributed by atoms with E-state index in [-0.39, 0.29) is 50.4 Å². The van der Waals surface area contributed by atoms with Gasteiger partial charge in [0, 0.05) is 55.9 Å². The number of aromatic nitrogens is 2. The molecule has 14 heteroatoms. The molecule has 0 saturated heterocycles. The van der Waals surface area contributed by atoms with Crippen LogP contribution in [0.1, 0.15) is 62.9 Å².